The number of carbonyl (C=O) groups is 1. The first kappa shape index (κ1) is 14.6. The Morgan fingerprint density at radius 3 is 2.90 bits per heavy atom. The number of aromatic nitrogens is 1. The molecular weight excluding hydrogens is 258 g/mol. The molecule has 0 saturated carbocycles. The van der Waals surface area contributed by atoms with Gasteiger partial charge in [0.15, 0.2) is 0 Å². The molecule has 2 heterocycles. The Morgan fingerprint density at radius 1 is 1.50 bits per heavy atom. The second kappa shape index (κ2) is 6.09. The Morgan fingerprint density at radius 2 is 2.25 bits per heavy atom. The predicted molar refractivity (Wildman–Crippen MR) is 76.8 cm³/mol. The van der Waals surface area contributed by atoms with E-state index in [1.54, 1.807) is 13.2 Å². The standard InChI is InChI=1S/C14H21N3O3/c1-9-4-5-17(8-12(9)19-2)13-6-10(14(18)20-3)11(15)7-16-13/h6-7,9,12H,4-5,8,15H2,1-3H3. The van der Waals surface area contributed by atoms with Crippen molar-refractivity contribution in [1.82, 2.24) is 4.98 Å². The fourth-order valence-corrected chi connectivity index (χ4v) is 2.46. The van der Waals surface area contributed by atoms with E-state index in [1.807, 2.05) is 0 Å². The molecule has 6 heteroatoms. The zero-order valence-corrected chi connectivity index (χ0v) is 12.1. The zero-order chi connectivity index (χ0) is 14.7. The summed E-state index contributed by atoms with van der Waals surface area (Å²) in [6.45, 7) is 3.83. The van der Waals surface area contributed by atoms with Crippen LogP contribution in [0.15, 0.2) is 12.3 Å². The van der Waals surface area contributed by atoms with Crippen molar-refractivity contribution in [3.63, 3.8) is 0 Å². The molecule has 110 valence electrons. The number of nitrogens with zero attached hydrogens (tertiary/aromatic N) is 2. The van der Waals surface area contributed by atoms with E-state index in [4.69, 9.17) is 15.2 Å². The van der Waals surface area contributed by atoms with E-state index in [-0.39, 0.29) is 6.10 Å². The van der Waals surface area contributed by atoms with Gasteiger partial charge in [-0.25, -0.2) is 9.78 Å². The van der Waals surface area contributed by atoms with E-state index in [0.717, 1.165) is 25.3 Å². The number of hydrogen-bond acceptors (Lipinski definition) is 6. The van der Waals surface area contributed by atoms with Gasteiger partial charge < -0.3 is 20.1 Å². The Balaban J connectivity index is 2.23. The van der Waals surface area contributed by atoms with Gasteiger partial charge in [0.05, 0.1) is 30.7 Å². The molecule has 6 nitrogen and oxygen atoms in total. The van der Waals surface area contributed by atoms with Gasteiger partial charge in [-0.2, -0.15) is 0 Å². The molecule has 2 unspecified atom stereocenters. The lowest BCUT2D eigenvalue weighted by molar-refractivity contribution is 0.0496. The Bertz CT molecular complexity index is 493. The minimum atomic E-state index is -0.445. The van der Waals surface area contributed by atoms with Crippen molar-refractivity contribution >= 4 is 17.5 Å². The largest absolute Gasteiger partial charge is 0.465 e. The van der Waals surface area contributed by atoms with Crippen molar-refractivity contribution in [2.45, 2.75) is 19.4 Å². The number of ether oxygens (including phenoxy) is 2. The second-order valence-corrected chi connectivity index (χ2v) is 5.11. The third-order valence-corrected chi connectivity index (χ3v) is 3.84. The highest BCUT2D eigenvalue weighted by atomic mass is 16.5. The van der Waals surface area contributed by atoms with Gasteiger partial charge in [-0.15, -0.1) is 0 Å². The molecule has 0 amide bonds. The number of piperidine rings is 1. The van der Waals surface area contributed by atoms with E-state index < -0.39 is 5.97 Å². The van der Waals surface area contributed by atoms with Gasteiger partial charge in [-0.05, 0) is 18.4 Å². The summed E-state index contributed by atoms with van der Waals surface area (Å²) in [5.41, 5.74) is 6.44. The molecule has 2 N–H and O–H groups in total. The van der Waals surface area contributed by atoms with Crippen LogP contribution in [0.5, 0.6) is 0 Å². The minimum absolute atomic E-state index is 0.171. The number of carbonyl (C=O) groups excluding carboxylic acids is 1. The molecule has 0 bridgehead atoms. The molecule has 0 radical (unpaired) electrons. The first-order valence-corrected chi connectivity index (χ1v) is 6.68. The summed E-state index contributed by atoms with van der Waals surface area (Å²) >= 11 is 0. The number of anilines is 2. The summed E-state index contributed by atoms with van der Waals surface area (Å²) in [7, 11) is 3.06. The molecule has 20 heavy (non-hydrogen) atoms. The number of nitrogen functional groups attached to an aromatic ring is 1. The Kier molecular flexibility index (Phi) is 4.44. The van der Waals surface area contributed by atoms with Crippen molar-refractivity contribution < 1.29 is 14.3 Å². The number of pyridine rings is 1. The van der Waals surface area contributed by atoms with E-state index in [2.05, 4.69) is 16.8 Å². The van der Waals surface area contributed by atoms with Crippen LogP contribution in [-0.4, -0.2) is 44.4 Å². The van der Waals surface area contributed by atoms with Crippen molar-refractivity contribution in [3.05, 3.63) is 17.8 Å². The van der Waals surface area contributed by atoms with E-state index in [0.29, 0.717) is 17.2 Å². The maximum atomic E-state index is 11.7. The van der Waals surface area contributed by atoms with E-state index in [9.17, 15) is 4.79 Å². The van der Waals surface area contributed by atoms with Crippen molar-refractivity contribution in [1.29, 1.82) is 0 Å². The molecule has 0 spiro atoms. The Hall–Kier alpha value is -1.82. The van der Waals surface area contributed by atoms with Crippen molar-refractivity contribution in [3.8, 4) is 0 Å². The van der Waals surface area contributed by atoms with Crippen molar-refractivity contribution in [2.24, 2.45) is 5.92 Å². The molecule has 2 atom stereocenters. The van der Waals surface area contributed by atoms with Gasteiger partial charge in [-0.3, -0.25) is 0 Å². The minimum Gasteiger partial charge on any atom is -0.465 e. The molecule has 1 fully saturated rings. The van der Waals surface area contributed by atoms with Crippen LogP contribution in [0.4, 0.5) is 11.5 Å². The number of methoxy groups -OCH3 is 2. The van der Waals surface area contributed by atoms with Crippen LogP contribution in [0.2, 0.25) is 0 Å². The fraction of sp³-hybridized carbons (Fsp3) is 0.571. The topological polar surface area (TPSA) is 77.7 Å². The number of hydrogen-bond donors (Lipinski definition) is 1. The molecule has 2 rings (SSSR count). The normalized spacial score (nSPS) is 22.6. The summed E-state index contributed by atoms with van der Waals surface area (Å²) in [6.07, 6.45) is 2.70. The molecule has 1 aromatic heterocycles. The van der Waals surface area contributed by atoms with Crippen molar-refractivity contribution in [2.75, 3.05) is 37.9 Å². The third kappa shape index (κ3) is 2.85. The zero-order valence-electron chi connectivity index (χ0n) is 12.1. The lowest BCUT2D eigenvalue weighted by Crippen LogP contribution is -2.44. The fourth-order valence-electron chi connectivity index (χ4n) is 2.46. The molecule has 1 aliphatic rings. The predicted octanol–water partition coefficient (Wildman–Crippen LogP) is 1.31. The van der Waals surface area contributed by atoms with E-state index >= 15 is 0 Å². The van der Waals surface area contributed by atoms with Gasteiger partial charge in [0.1, 0.15) is 5.82 Å². The first-order chi connectivity index (χ1) is 9.56. The third-order valence-electron chi connectivity index (χ3n) is 3.84. The Labute approximate surface area is 118 Å². The average Bonchev–Trinajstić information content (AvgIpc) is 2.47. The lowest BCUT2D eigenvalue weighted by Gasteiger charge is -2.37. The van der Waals surface area contributed by atoms with Crippen LogP contribution >= 0.6 is 0 Å². The van der Waals surface area contributed by atoms with E-state index in [1.165, 1.54) is 13.3 Å². The molecule has 1 aliphatic heterocycles. The summed E-state index contributed by atoms with van der Waals surface area (Å²) in [5.74, 6) is 0.804. The molecule has 1 saturated heterocycles. The highest BCUT2D eigenvalue weighted by Gasteiger charge is 2.27. The molecule has 1 aromatic rings. The average molecular weight is 279 g/mol. The maximum absolute atomic E-state index is 11.7. The molecule has 0 aromatic carbocycles. The second-order valence-electron chi connectivity index (χ2n) is 5.11. The van der Waals surface area contributed by atoms with Gasteiger partial charge >= 0.3 is 5.97 Å². The monoisotopic (exact) mass is 279 g/mol. The first-order valence-electron chi connectivity index (χ1n) is 6.68. The van der Waals surface area contributed by atoms with Gasteiger partial charge in [0.2, 0.25) is 0 Å². The van der Waals surface area contributed by atoms with Crippen LogP contribution in [0.1, 0.15) is 23.7 Å². The quantitative estimate of drug-likeness (QED) is 0.841. The van der Waals surface area contributed by atoms with Crippen LogP contribution in [0.25, 0.3) is 0 Å². The van der Waals surface area contributed by atoms with Crippen LogP contribution < -0.4 is 10.6 Å². The number of rotatable bonds is 3. The van der Waals surface area contributed by atoms with Crippen LogP contribution in [0, 0.1) is 5.92 Å². The highest BCUT2D eigenvalue weighted by molar-refractivity contribution is 5.95. The molecule has 0 aliphatic carbocycles. The lowest BCUT2D eigenvalue weighted by atomic mass is 9.96. The van der Waals surface area contributed by atoms with Gasteiger partial charge in [0.25, 0.3) is 0 Å². The number of nitrogens with two attached hydrogens (primary N) is 1. The highest BCUT2D eigenvalue weighted by Crippen LogP contribution is 2.25. The summed E-state index contributed by atoms with van der Waals surface area (Å²) in [4.78, 5) is 18.1. The molecular formula is C14H21N3O3. The van der Waals surface area contributed by atoms with Gasteiger partial charge in [0, 0.05) is 20.2 Å². The number of esters is 1. The smallest absolute Gasteiger partial charge is 0.340 e. The summed E-state index contributed by atoms with van der Waals surface area (Å²) in [6, 6.07) is 1.68. The van der Waals surface area contributed by atoms with Crippen LogP contribution in [0.3, 0.4) is 0 Å². The maximum Gasteiger partial charge on any atom is 0.340 e. The SMILES string of the molecule is COC(=O)c1cc(N2CCC(C)C(OC)C2)ncc1N. The summed E-state index contributed by atoms with van der Waals surface area (Å²) < 4.78 is 10.2. The van der Waals surface area contributed by atoms with Crippen LogP contribution in [-0.2, 0) is 9.47 Å². The summed E-state index contributed by atoms with van der Waals surface area (Å²) in [5, 5.41) is 0. The van der Waals surface area contributed by atoms with Gasteiger partial charge in [-0.1, -0.05) is 6.92 Å².